The largest absolute Gasteiger partial charge is 0.354 e. The molecule has 1 aliphatic heterocycles. The van der Waals surface area contributed by atoms with Crippen LogP contribution in [0.3, 0.4) is 0 Å². The highest BCUT2D eigenvalue weighted by Gasteiger charge is 2.28. The summed E-state index contributed by atoms with van der Waals surface area (Å²) in [6.07, 6.45) is 9.33. The van der Waals surface area contributed by atoms with E-state index in [0.717, 1.165) is 56.1 Å². The molecule has 140 valence electrons. The van der Waals surface area contributed by atoms with Gasteiger partial charge in [0.1, 0.15) is 5.82 Å². The number of nitrogens with one attached hydrogen (secondary N) is 1. The summed E-state index contributed by atoms with van der Waals surface area (Å²) < 4.78 is 1.77. The Morgan fingerprint density at radius 3 is 2.69 bits per heavy atom. The first-order valence-corrected chi connectivity index (χ1v) is 9.95. The van der Waals surface area contributed by atoms with Crippen LogP contribution in [-0.4, -0.2) is 44.8 Å². The molecule has 2 fully saturated rings. The van der Waals surface area contributed by atoms with Gasteiger partial charge in [0.15, 0.2) is 11.5 Å². The van der Waals surface area contributed by atoms with E-state index in [1.165, 1.54) is 25.7 Å². The first-order valence-electron chi connectivity index (χ1n) is 9.95. The second-order valence-corrected chi connectivity index (χ2v) is 7.69. The maximum Gasteiger partial charge on any atom is 0.225 e. The van der Waals surface area contributed by atoms with Crippen molar-refractivity contribution >= 4 is 17.4 Å². The van der Waals surface area contributed by atoms with E-state index in [4.69, 9.17) is 0 Å². The quantitative estimate of drug-likeness (QED) is 0.855. The molecule has 0 bridgehead atoms. The Morgan fingerprint density at radius 1 is 1.08 bits per heavy atom. The number of nitrogens with zero attached hydrogens (tertiary/aromatic N) is 5. The highest BCUT2D eigenvalue weighted by atomic mass is 16.2. The summed E-state index contributed by atoms with van der Waals surface area (Å²) in [5, 5.41) is 16.1. The first kappa shape index (κ1) is 17.2. The lowest BCUT2D eigenvalue weighted by molar-refractivity contribution is -0.126. The fraction of sp³-hybridized carbons (Fsp3) is 0.684. The van der Waals surface area contributed by atoms with Crippen molar-refractivity contribution in [2.45, 2.75) is 64.3 Å². The van der Waals surface area contributed by atoms with Gasteiger partial charge in [0.05, 0.1) is 5.92 Å². The van der Waals surface area contributed by atoms with Crippen molar-refractivity contribution in [2.75, 3.05) is 18.0 Å². The molecule has 0 radical (unpaired) electrons. The molecule has 0 unspecified atom stereocenters. The predicted molar refractivity (Wildman–Crippen MR) is 100 cm³/mol. The van der Waals surface area contributed by atoms with Gasteiger partial charge in [0, 0.05) is 19.1 Å². The SMILES string of the molecule is Cc1nnc2ccc(N3CCC[C@@H](C(=O)NC4CCCCCC4)C3)nn12. The third kappa shape index (κ3) is 3.66. The molecule has 0 spiro atoms. The van der Waals surface area contributed by atoms with Gasteiger partial charge in [0.25, 0.3) is 0 Å². The topological polar surface area (TPSA) is 75.4 Å². The zero-order valence-electron chi connectivity index (χ0n) is 15.5. The average Bonchev–Trinajstić information content (AvgIpc) is 2.87. The lowest BCUT2D eigenvalue weighted by Crippen LogP contribution is -2.46. The molecule has 1 aliphatic carbocycles. The van der Waals surface area contributed by atoms with Gasteiger partial charge >= 0.3 is 0 Å². The molecule has 1 saturated heterocycles. The molecule has 26 heavy (non-hydrogen) atoms. The van der Waals surface area contributed by atoms with Crippen molar-refractivity contribution < 1.29 is 4.79 Å². The van der Waals surface area contributed by atoms with E-state index in [1.807, 2.05) is 19.1 Å². The van der Waals surface area contributed by atoms with Crippen LogP contribution in [0.2, 0.25) is 0 Å². The van der Waals surface area contributed by atoms with Crippen molar-refractivity contribution in [3.63, 3.8) is 0 Å². The van der Waals surface area contributed by atoms with E-state index in [9.17, 15) is 4.79 Å². The monoisotopic (exact) mass is 356 g/mol. The fourth-order valence-electron chi connectivity index (χ4n) is 4.20. The molecule has 0 aromatic carbocycles. The Balaban J connectivity index is 1.42. The van der Waals surface area contributed by atoms with Gasteiger partial charge in [-0.3, -0.25) is 4.79 Å². The van der Waals surface area contributed by atoms with E-state index in [0.29, 0.717) is 6.04 Å². The fourth-order valence-corrected chi connectivity index (χ4v) is 4.20. The van der Waals surface area contributed by atoms with Crippen LogP contribution in [-0.2, 0) is 4.79 Å². The number of amides is 1. The van der Waals surface area contributed by atoms with Gasteiger partial charge in [-0.2, -0.15) is 4.52 Å². The Hall–Kier alpha value is -2.18. The normalized spacial score (nSPS) is 22.3. The van der Waals surface area contributed by atoms with Crippen molar-refractivity contribution in [2.24, 2.45) is 5.92 Å². The third-order valence-corrected chi connectivity index (χ3v) is 5.72. The number of carbonyl (C=O) groups excluding carboxylic acids is 1. The van der Waals surface area contributed by atoms with Crippen LogP contribution >= 0.6 is 0 Å². The van der Waals surface area contributed by atoms with Crippen LogP contribution in [0.1, 0.15) is 57.2 Å². The minimum Gasteiger partial charge on any atom is -0.354 e. The number of hydrogen-bond donors (Lipinski definition) is 1. The van der Waals surface area contributed by atoms with Crippen LogP contribution in [0.4, 0.5) is 5.82 Å². The van der Waals surface area contributed by atoms with Crippen molar-refractivity contribution in [3.8, 4) is 0 Å². The summed E-state index contributed by atoms with van der Waals surface area (Å²) in [5.41, 5.74) is 0.755. The van der Waals surface area contributed by atoms with Gasteiger partial charge in [-0.15, -0.1) is 15.3 Å². The Labute approximate surface area is 154 Å². The standard InChI is InChI=1S/C19H28N6O/c1-14-21-22-17-10-11-18(23-25(14)17)24-12-6-7-15(13-24)19(26)20-16-8-4-2-3-5-9-16/h10-11,15-16H,2-9,12-13H2,1H3,(H,20,26)/t15-/m1/s1. The molecular formula is C19H28N6O. The Kier molecular flexibility index (Phi) is 5.04. The summed E-state index contributed by atoms with van der Waals surface area (Å²) >= 11 is 0. The van der Waals surface area contributed by atoms with Crippen molar-refractivity contribution in [1.29, 1.82) is 0 Å². The number of fused-ring (bicyclic) bond motifs is 1. The summed E-state index contributed by atoms with van der Waals surface area (Å²) in [7, 11) is 0. The summed E-state index contributed by atoms with van der Waals surface area (Å²) in [5.74, 6) is 1.95. The summed E-state index contributed by atoms with van der Waals surface area (Å²) in [6, 6.07) is 4.29. The summed E-state index contributed by atoms with van der Waals surface area (Å²) in [6.45, 7) is 3.57. The van der Waals surface area contributed by atoms with Crippen LogP contribution in [0.25, 0.3) is 5.65 Å². The lowest BCUT2D eigenvalue weighted by Gasteiger charge is -2.33. The zero-order valence-corrected chi connectivity index (χ0v) is 15.5. The maximum absolute atomic E-state index is 12.8. The van der Waals surface area contributed by atoms with Crippen molar-refractivity contribution in [1.82, 2.24) is 25.1 Å². The maximum atomic E-state index is 12.8. The molecule has 1 amide bonds. The molecule has 4 rings (SSSR count). The Morgan fingerprint density at radius 2 is 1.88 bits per heavy atom. The molecule has 1 atom stereocenters. The molecule has 2 aliphatic rings. The van der Waals surface area contributed by atoms with Crippen molar-refractivity contribution in [3.05, 3.63) is 18.0 Å². The van der Waals surface area contributed by atoms with Crippen LogP contribution < -0.4 is 10.2 Å². The van der Waals surface area contributed by atoms with E-state index in [-0.39, 0.29) is 11.8 Å². The lowest BCUT2D eigenvalue weighted by atomic mass is 9.96. The summed E-state index contributed by atoms with van der Waals surface area (Å²) in [4.78, 5) is 15.0. The molecule has 2 aromatic rings. The van der Waals surface area contributed by atoms with Gasteiger partial charge in [-0.1, -0.05) is 25.7 Å². The first-order chi connectivity index (χ1) is 12.7. The van der Waals surface area contributed by atoms with E-state index >= 15 is 0 Å². The molecule has 7 heteroatoms. The minimum absolute atomic E-state index is 0.0477. The average molecular weight is 356 g/mol. The number of anilines is 1. The number of rotatable bonds is 3. The smallest absolute Gasteiger partial charge is 0.225 e. The van der Waals surface area contributed by atoms with Gasteiger partial charge in [-0.05, 0) is 44.7 Å². The third-order valence-electron chi connectivity index (χ3n) is 5.72. The predicted octanol–water partition coefficient (Wildman–Crippen LogP) is 2.49. The van der Waals surface area contributed by atoms with Gasteiger partial charge < -0.3 is 10.2 Å². The van der Waals surface area contributed by atoms with Crippen LogP contribution in [0, 0.1) is 12.8 Å². The van der Waals surface area contributed by atoms with Crippen LogP contribution in [0.5, 0.6) is 0 Å². The van der Waals surface area contributed by atoms with Crippen LogP contribution in [0.15, 0.2) is 12.1 Å². The van der Waals surface area contributed by atoms with Gasteiger partial charge in [0.2, 0.25) is 5.91 Å². The van der Waals surface area contributed by atoms with E-state index < -0.39 is 0 Å². The molecular weight excluding hydrogens is 328 g/mol. The number of aryl methyl sites for hydroxylation is 1. The highest BCUT2D eigenvalue weighted by molar-refractivity contribution is 5.79. The highest BCUT2D eigenvalue weighted by Crippen LogP contribution is 2.23. The number of aromatic nitrogens is 4. The Bertz CT molecular complexity index is 764. The van der Waals surface area contributed by atoms with E-state index in [2.05, 4.69) is 25.5 Å². The number of hydrogen-bond acceptors (Lipinski definition) is 5. The van der Waals surface area contributed by atoms with Gasteiger partial charge in [-0.25, -0.2) is 0 Å². The zero-order chi connectivity index (χ0) is 17.9. The number of carbonyl (C=O) groups is 1. The molecule has 1 saturated carbocycles. The second-order valence-electron chi connectivity index (χ2n) is 7.69. The molecule has 2 aromatic heterocycles. The molecule has 1 N–H and O–H groups in total. The number of piperidine rings is 1. The molecule has 3 heterocycles. The molecule has 7 nitrogen and oxygen atoms in total. The second kappa shape index (κ2) is 7.60. The minimum atomic E-state index is 0.0477. The van der Waals surface area contributed by atoms with E-state index in [1.54, 1.807) is 4.52 Å².